The summed E-state index contributed by atoms with van der Waals surface area (Å²) < 4.78 is 0. The van der Waals surface area contributed by atoms with Crippen molar-refractivity contribution < 1.29 is 5.21 Å². The van der Waals surface area contributed by atoms with Gasteiger partial charge in [-0.15, -0.1) is 0 Å². The lowest BCUT2D eigenvalue weighted by Crippen LogP contribution is -2.31. The monoisotopic (exact) mass is 210 g/mol. The second-order valence-electron chi connectivity index (χ2n) is 3.58. The number of amidine groups is 1. The van der Waals surface area contributed by atoms with Gasteiger partial charge in [0.25, 0.3) is 0 Å². The van der Waals surface area contributed by atoms with Gasteiger partial charge in [0.1, 0.15) is 5.84 Å². The molecule has 74 valence electrons. The van der Waals surface area contributed by atoms with Crippen molar-refractivity contribution in [2.45, 2.75) is 18.3 Å². The summed E-state index contributed by atoms with van der Waals surface area (Å²) in [6.07, 6.45) is 1.81. The quantitative estimate of drug-likeness (QED) is 0.399. The Bertz CT molecular complexity index is 357. The molecular weight excluding hydrogens is 200 g/mol. The van der Waals surface area contributed by atoms with Crippen LogP contribution >= 0.6 is 11.6 Å². The Balaban J connectivity index is 2.31. The number of hydroxylamine groups is 1. The first kappa shape index (κ1) is 9.49. The fourth-order valence-electron chi connectivity index (χ4n) is 1.68. The molecule has 0 aliphatic heterocycles. The van der Waals surface area contributed by atoms with E-state index in [2.05, 4.69) is 0 Å². The van der Waals surface area contributed by atoms with Gasteiger partial charge in [0, 0.05) is 5.02 Å². The van der Waals surface area contributed by atoms with E-state index >= 15 is 0 Å². The van der Waals surface area contributed by atoms with Gasteiger partial charge >= 0.3 is 0 Å². The van der Waals surface area contributed by atoms with Crippen LogP contribution in [0.3, 0.4) is 0 Å². The normalized spacial score (nSPS) is 17.6. The first-order valence-corrected chi connectivity index (χ1v) is 4.82. The molecule has 0 saturated heterocycles. The van der Waals surface area contributed by atoms with Crippen LogP contribution in [-0.2, 0) is 5.41 Å². The van der Waals surface area contributed by atoms with Crippen LogP contribution in [0.5, 0.6) is 0 Å². The molecule has 1 aromatic rings. The minimum atomic E-state index is -0.292. The maximum absolute atomic E-state index is 8.73. The van der Waals surface area contributed by atoms with E-state index in [0.717, 1.165) is 18.4 Å². The molecule has 1 aliphatic rings. The zero-order chi connectivity index (χ0) is 10.2. The zero-order valence-electron chi connectivity index (χ0n) is 7.55. The topological polar surface area (TPSA) is 56.1 Å². The third-order valence-electron chi connectivity index (χ3n) is 2.74. The fourth-order valence-corrected chi connectivity index (χ4v) is 1.81. The molecule has 0 heterocycles. The molecule has 3 N–H and O–H groups in total. The first-order chi connectivity index (χ1) is 6.69. The average molecular weight is 211 g/mol. The molecule has 0 spiro atoms. The molecule has 0 radical (unpaired) electrons. The molecule has 0 atom stereocenters. The first-order valence-electron chi connectivity index (χ1n) is 4.44. The van der Waals surface area contributed by atoms with Crippen LogP contribution in [0, 0.1) is 5.41 Å². The molecule has 1 aromatic carbocycles. The summed E-state index contributed by atoms with van der Waals surface area (Å²) in [7, 11) is 0. The Morgan fingerprint density at radius 2 is 1.93 bits per heavy atom. The van der Waals surface area contributed by atoms with Crippen molar-refractivity contribution in [1.29, 1.82) is 5.41 Å². The van der Waals surface area contributed by atoms with Crippen LogP contribution in [0.4, 0.5) is 0 Å². The van der Waals surface area contributed by atoms with Crippen molar-refractivity contribution in [1.82, 2.24) is 5.48 Å². The van der Waals surface area contributed by atoms with Crippen molar-refractivity contribution >= 4 is 17.4 Å². The molecule has 2 rings (SSSR count). The average Bonchev–Trinajstić information content (AvgIpc) is 2.99. The summed E-state index contributed by atoms with van der Waals surface area (Å²) in [5, 5.41) is 17.0. The van der Waals surface area contributed by atoms with Gasteiger partial charge in [-0.2, -0.15) is 0 Å². The maximum atomic E-state index is 8.73. The lowest BCUT2D eigenvalue weighted by atomic mass is 9.95. The lowest BCUT2D eigenvalue weighted by Gasteiger charge is -2.15. The minimum Gasteiger partial charge on any atom is -0.290 e. The van der Waals surface area contributed by atoms with E-state index in [1.54, 1.807) is 0 Å². The van der Waals surface area contributed by atoms with Gasteiger partial charge in [0.15, 0.2) is 0 Å². The molecule has 0 aromatic heterocycles. The molecule has 0 amide bonds. The fraction of sp³-hybridized carbons (Fsp3) is 0.300. The number of rotatable bonds is 2. The Kier molecular flexibility index (Phi) is 2.21. The van der Waals surface area contributed by atoms with Gasteiger partial charge in [-0.3, -0.25) is 16.1 Å². The van der Waals surface area contributed by atoms with Crippen molar-refractivity contribution in [3.63, 3.8) is 0 Å². The van der Waals surface area contributed by atoms with E-state index < -0.39 is 0 Å². The van der Waals surface area contributed by atoms with E-state index in [1.165, 1.54) is 0 Å². The largest absolute Gasteiger partial charge is 0.290 e. The summed E-state index contributed by atoms with van der Waals surface area (Å²) in [6, 6.07) is 7.42. The van der Waals surface area contributed by atoms with Crippen LogP contribution in [0.15, 0.2) is 24.3 Å². The predicted octanol–water partition coefficient (Wildman–Crippen LogP) is 2.33. The van der Waals surface area contributed by atoms with Gasteiger partial charge in [-0.05, 0) is 30.5 Å². The minimum absolute atomic E-state index is 0.167. The maximum Gasteiger partial charge on any atom is 0.128 e. The summed E-state index contributed by atoms with van der Waals surface area (Å²) in [4.78, 5) is 0. The molecule has 1 saturated carbocycles. The van der Waals surface area contributed by atoms with Gasteiger partial charge in [0.05, 0.1) is 5.41 Å². The van der Waals surface area contributed by atoms with Crippen molar-refractivity contribution in [2.24, 2.45) is 0 Å². The number of hydrogen-bond acceptors (Lipinski definition) is 2. The van der Waals surface area contributed by atoms with Crippen LogP contribution in [-0.4, -0.2) is 11.0 Å². The Labute approximate surface area is 87.2 Å². The van der Waals surface area contributed by atoms with Crippen LogP contribution in [0.2, 0.25) is 5.02 Å². The number of halogens is 1. The highest BCUT2D eigenvalue weighted by Crippen LogP contribution is 2.48. The molecule has 4 heteroatoms. The van der Waals surface area contributed by atoms with E-state index in [4.69, 9.17) is 22.2 Å². The van der Waals surface area contributed by atoms with E-state index in [9.17, 15) is 0 Å². The highest BCUT2D eigenvalue weighted by atomic mass is 35.5. The SMILES string of the molecule is N=C(NO)C1(c2ccc(Cl)cc2)CC1. The van der Waals surface area contributed by atoms with Crippen LogP contribution in [0.25, 0.3) is 0 Å². The lowest BCUT2D eigenvalue weighted by molar-refractivity contribution is 0.228. The molecule has 0 bridgehead atoms. The van der Waals surface area contributed by atoms with Crippen LogP contribution in [0.1, 0.15) is 18.4 Å². The van der Waals surface area contributed by atoms with Gasteiger partial charge in [-0.25, -0.2) is 0 Å². The summed E-state index contributed by atoms with van der Waals surface area (Å²) in [5.74, 6) is 0.167. The molecule has 0 unspecified atom stereocenters. The third kappa shape index (κ3) is 1.38. The van der Waals surface area contributed by atoms with Gasteiger partial charge < -0.3 is 0 Å². The highest BCUT2D eigenvalue weighted by Gasteiger charge is 2.48. The molecule has 1 aliphatic carbocycles. The van der Waals surface area contributed by atoms with Crippen molar-refractivity contribution in [3.8, 4) is 0 Å². The van der Waals surface area contributed by atoms with E-state index in [0.29, 0.717) is 5.02 Å². The standard InChI is InChI=1S/C10H11ClN2O/c11-8-3-1-7(2-4-8)10(5-6-10)9(12)13-14/h1-4,14H,5-6H2,(H2,12,13). The van der Waals surface area contributed by atoms with Crippen molar-refractivity contribution in [3.05, 3.63) is 34.9 Å². The molecule has 14 heavy (non-hydrogen) atoms. The predicted molar refractivity (Wildman–Crippen MR) is 55.0 cm³/mol. The second kappa shape index (κ2) is 3.26. The highest BCUT2D eigenvalue weighted by molar-refractivity contribution is 6.30. The van der Waals surface area contributed by atoms with Gasteiger partial charge in [-0.1, -0.05) is 23.7 Å². The summed E-state index contributed by atoms with van der Waals surface area (Å²) >= 11 is 5.78. The molecule has 1 fully saturated rings. The van der Waals surface area contributed by atoms with Crippen molar-refractivity contribution in [2.75, 3.05) is 0 Å². The zero-order valence-corrected chi connectivity index (χ0v) is 8.30. The summed E-state index contributed by atoms with van der Waals surface area (Å²) in [6.45, 7) is 0. The molecule has 3 nitrogen and oxygen atoms in total. The Morgan fingerprint density at radius 1 is 1.36 bits per heavy atom. The van der Waals surface area contributed by atoms with Crippen LogP contribution < -0.4 is 5.48 Å². The Hall–Kier alpha value is -1.06. The van der Waals surface area contributed by atoms with E-state index in [-0.39, 0.29) is 11.3 Å². The third-order valence-corrected chi connectivity index (χ3v) is 2.99. The number of benzene rings is 1. The molecular formula is C10H11ClN2O. The van der Waals surface area contributed by atoms with E-state index in [1.807, 2.05) is 29.7 Å². The van der Waals surface area contributed by atoms with Gasteiger partial charge in [0.2, 0.25) is 0 Å². The Morgan fingerprint density at radius 3 is 2.36 bits per heavy atom. The second-order valence-corrected chi connectivity index (χ2v) is 4.01. The smallest absolute Gasteiger partial charge is 0.128 e. The number of hydrogen-bond donors (Lipinski definition) is 3. The summed E-state index contributed by atoms with van der Waals surface area (Å²) in [5.41, 5.74) is 2.67. The number of nitrogens with one attached hydrogen (secondary N) is 2.